The van der Waals surface area contributed by atoms with E-state index in [0.29, 0.717) is 6.42 Å². The van der Waals surface area contributed by atoms with Crippen LogP contribution in [0.15, 0.2) is 12.7 Å². The van der Waals surface area contributed by atoms with Gasteiger partial charge in [0.05, 0.1) is 5.84 Å². The zero-order chi connectivity index (χ0) is 4.99. The van der Waals surface area contributed by atoms with Crippen LogP contribution in [0.25, 0.3) is 0 Å². The average Bonchev–Trinajstić information content (AvgIpc) is 1.35. The molecule has 0 unspecified atom stereocenters. The summed E-state index contributed by atoms with van der Waals surface area (Å²) in [5.74, 6) is 0.171. The number of amidine groups is 1. The Bertz CT molecular complexity index is 70.1. The molecule has 3 N–H and O–H groups in total. The van der Waals surface area contributed by atoms with E-state index in [4.69, 9.17) is 11.1 Å². The number of nitrogens with one attached hydrogen (secondary N) is 1. The molecule has 0 aliphatic heterocycles. The van der Waals surface area contributed by atoms with Crippen molar-refractivity contribution in [2.24, 2.45) is 5.73 Å². The number of hydrogen-bond acceptors (Lipinski definition) is 1. The minimum atomic E-state index is 0. The Morgan fingerprint density at radius 2 is 2.29 bits per heavy atom. The van der Waals surface area contributed by atoms with Crippen LogP contribution in [0.1, 0.15) is 6.42 Å². The molecule has 0 rings (SSSR count). The molecule has 2 nitrogen and oxygen atoms in total. The highest BCUT2D eigenvalue weighted by Gasteiger charge is 1.74. The van der Waals surface area contributed by atoms with Gasteiger partial charge < -0.3 is 5.73 Å². The molecule has 3 heteroatoms. The van der Waals surface area contributed by atoms with Crippen LogP contribution in [-0.4, -0.2) is 5.84 Å². The van der Waals surface area contributed by atoms with Crippen molar-refractivity contribution in [1.82, 2.24) is 0 Å². The summed E-state index contributed by atoms with van der Waals surface area (Å²) in [6.45, 7) is 3.38. The summed E-state index contributed by atoms with van der Waals surface area (Å²) in [6, 6.07) is 0. The lowest BCUT2D eigenvalue weighted by Crippen LogP contribution is -2.06. The van der Waals surface area contributed by atoms with Crippen LogP contribution < -0.4 is 5.73 Å². The topological polar surface area (TPSA) is 49.9 Å². The van der Waals surface area contributed by atoms with E-state index < -0.39 is 0 Å². The summed E-state index contributed by atoms with van der Waals surface area (Å²) in [7, 11) is 0. The van der Waals surface area contributed by atoms with Gasteiger partial charge in [-0.2, -0.15) is 0 Å². The molecule has 0 heterocycles. The average molecular weight is 121 g/mol. The Hall–Kier alpha value is -0.500. The lowest BCUT2D eigenvalue weighted by atomic mass is 10.4. The molecule has 0 aromatic heterocycles. The first-order valence-corrected chi connectivity index (χ1v) is 1.71. The Balaban J connectivity index is 0. The van der Waals surface area contributed by atoms with Gasteiger partial charge in [-0.3, -0.25) is 5.41 Å². The standard InChI is InChI=1S/C4H8N2.ClH/c1-2-3-4(5)6;/h2H,1,3H2,(H3,5,6);1H. The molecular formula is C4H9ClN2. The van der Waals surface area contributed by atoms with E-state index in [1.165, 1.54) is 0 Å². The van der Waals surface area contributed by atoms with Crippen molar-refractivity contribution in [2.75, 3.05) is 0 Å². The maximum absolute atomic E-state index is 6.60. The van der Waals surface area contributed by atoms with Crippen molar-refractivity contribution < 1.29 is 0 Å². The zero-order valence-electron chi connectivity index (χ0n) is 3.98. The number of hydrogen-bond donors (Lipinski definition) is 2. The molecule has 42 valence electrons. The molecule has 0 radical (unpaired) electrons. The van der Waals surface area contributed by atoms with Gasteiger partial charge in [0.1, 0.15) is 0 Å². The van der Waals surface area contributed by atoms with E-state index >= 15 is 0 Å². The van der Waals surface area contributed by atoms with Crippen molar-refractivity contribution in [2.45, 2.75) is 6.42 Å². The molecule has 0 bridgehead atoms. The quantitative estimate of drug-likeness (QED) is 0.318. The molecule has 0 saturated heterocycles. The van der Waals surface area contributed by atoms with E-state index in [1.807, 2.05) is 0 Å². The fourth-order valence-corrected chi connectivity index (χ4v) is 0.156. The van der Waals surface area contributed by atoms with E-state index in [-0.39, 0.29) is 18.2 Å². The van der Waals surface area contributed by atoms with Crippen LogP contribution in [0.3, 0.4) is 0 Å². The van der Waals surface area contributed by atoms with Gasteiger partial charge in [0.25, 0.3) is 0 Å². The van der Waals surface area contributed by atoms with Gasteiger partial charge in [0.2, 0.25) is 0 Å². The van der Waals surface area contributed by atoms with Crippen molar-refractivity contribution >= 4 is 18.2 Å². The van der Waals surface area contributed by atoms with Gasteiger partial charge in [0, 0.05) is 6.42 Å². The summed E-state index contributed by atoms with van der Waals surface area (Å²) in [4.78, 5) is 0. The maximum Gasteiger partial charge on any atom is 0.0943 e. The zero-order valence-corrected chi connectivity index (χ0v) is 4.79. The molecule has 0 amide bonds. The van der Waals surface area contributed by atoms with Crippen molar-refractivity contribution in [3.63, 3.8) is 0 Å². The van der Waals surface area contributed by atoms with E-state index in [0.717, 1.165) is 0 Å². The minimum Gasteiger partial charge on any atom is -0.387 e. The lowest BCUT2D eigenvalue weighted by Gasteiger charge is -1.81. The Labute approximate surface area is 49.3 Å². The van der Waals surface area contributed by atoms with Gasteiger partial charge in [-0.15, -0.1) is 19.0 Å². The van der Waals surface area contributed by atoms with Crippen molar-refractivity contribution in [3.8, 4) is 0 Å². The van der Waals surface area contributed by atoms with Crippen LogP contribution in [0, 0.1) is 5.41 Å². The first kappa shape index (κ1) is 9.71. The predicted molar refractivity (Wildman–Crippen MR) is 34.0 cm³/mol. The molecule has 0 saturated carbocycles. The van der Waals surface area contributed by atoms with Crippen LogP contribution in [0.5, 0.6) is 0 Å². The van der Waals surface area contributed by atoms with Gasteiger partial charge in [-0.05, 0) is 0 Å². The highest BCUT2D eigenvalue weighted by Crippen LogP contribution is 1.71. The van der Waals surface area contributed by atoms with E-state index in [1.54, 1.807) is 6.08 Å². The van der Waals surface area contributed by atoms with Crippen LogP contribution in [-0.2, 0) is 0 Å². The van der Waals surface area contributed by atoms with Gasteiger partial charge in [0.15, 0.2) is 0 Å². The fourth-order valence-electron chi connectivity index (χ4n) is 0.156. The Morgan fingerprint density at radius 1 is 1.86 bits per heavy atom. The molecule has 0 atom stereocenters. The normalized spacial score (nSPS) is 6.29. The summed E-state index contributed by atoms with van der Waals surface area (Å²) in [6.07, 6.45) is 2.10. The molecule has 0 spiro atoms. The van der Waals surface area contributed by atoms with E-state index in [2.05, 4.69) is 6.58 Å². The van der Waals surface area contributed by atoms with Crippen LogP contribution in [0.2, 0.25) is 0 Å². The summed E-state index contributed by atoms with van der Waals surface area (Å²) in [5.41, 5.74) is 4.92. The smallest absolute Gasteiger partial charge is 0.0943 e. The molecule has 0 aromatic carbocycles. The largest absolute Gasteiger partial charge is 0.387 e. The number of halogens is 1. The first-order chi connectivity index (χ1) is 2.77. The highest BCUT2D eigenvalue weighted by molar-refractivity contribution is 5.85. The highest BCUT2D eigenvalue weighted by atomic mass is 35.5. The fraction of sp³-hybridized carbons (Fsp3) is 0.250. The number of nitrogens with two attached hydrogens (primary N) is 1. The van der Waals surface area contributed by atoms with Crippen molar-refractivity contribution in [3.05, 3.63) is 12.7 Å². The molecular weight excluding hydrogens is 112 g/mol. The summed E-state index contributed by atoms with van der Waals surface area (Å²) in [5, 5.41) is 6.60. The van der Waals surface area contributed by atoms with Crippen molar-refractivity contribution in [1.29, 1.82) is 5.41 Å². The van der Waals surface area contributed by atoms with Crippen LogP contribution in [0.4, 0.5) is 0 Å². The second-order valence-corrected chi connectivity index (χ2v) is 1.02. The molecule has 7 heavy (non-hydrogen) atoms. The van der Waals surface area contributed by atoms with Gasteiger partial charge >= 0.3 is 0 Å². The minimum absolute atomic E-state index is 0. The second kappa shape index (κ2) is 5.50. The SMILES string of the molecule is C=CCC(=N)N.Cl. The Kier molecular flexibility index (Phi) is 7.63. The predicted octanol–water partition coefficient (Wildman–Crippen LogP) is 0.920. The second-order valence-electron chi connectivity index (χ2n) is 1.02. The van der Waals surface area contributed by atoms with Crippen LogP contribution >= 0.6 is 12.4 Å². The third-order valence-electron chi connectivity index (χ3n) is 0.364. The maximum atomic E-state index is 6.60. The van der Waals surface area contributed by atoms with Gasteiger partial charge in [-0.1, -0.05) is 6.08 Å². The lowest BCUT2D eigenvalue weighted by molar-refractivity contribution is 1.32. The van der Waals surface area contributed by atoms with E-state index in [9.17, 15) is 0 Å². The number of rotatable bonds is 2. The molecule has 0 fully saturated rings. The molecule has 0 aromatic rings. The van der Waals surface area contributed by atoms with Gasteiger partial charge in [-0.25, -0.2) is 0 Å². The third kappa shape index (κ3) is 10.8. The first-order valence-electron chi connectivity index (χ1n) is 1.71. The monoisotopic (exact) mass is 120 g/mol. The summed E-state index contributed by atoms with van der Waals surface area (Å²) < 4.78 is 0. The molecule has 0 aliphatic carbocycles. The Morgan fingerprint density at radius 3 is 2.29 bits per heavy atom. The summed E-state index contributed by atoms with van der Waals surface area (Å²) >= 11 is 0. The molecule has 0 aliphatic rings. The third-order valence-corrected chi connectivity index (χ3v) is 0.364.